The van der Waals surface area contributed by atoms with Crippen molar-refractivity contribution in [1.29, 1.82) is 0 Å². The van der Waals surface area contributed by atoms with Crippen LogP contribution in [0.2, 0.25) is 0 Å². The van der Waals surface area contributed by atoms with E-state index in [-0.39, 0.29) is 19.1 Å². The molecule has 0 aliphatic rings. The summed E-state index contributed by atoms with van der Waals surface area (Å²) in [5, 5.41) is 15.8. The second-order valence-corrected chi connectivity index (χ2v) is 7.67. The summed E-state index contributed by atoms with van der Waals surface area (Å²) in [7, 11) is 3.15. The SMILES string of the molecule is CCOc1ccc(C(=O)NCCOc2ccc3nnc(-c4ccc(OC)c(OC)c4)n3n2)cc1OCC. The molecule has 194 valence electrons. The van der Waals surface area contributed by atoms with Crippen LogP contribution in [0.5, 0.6) is 28.9 Å². The summed E-state index contributed by atoms with van der Waals surface area (Å²) in [6, 6.07) is 14.0. The Morgan fingerprint density at radius 3 is 2.35 bits per heavy atom. The Bertz CT molecular complexity index is 1370. The highest BCUT2D eigenvalue weighted by Gasteiger charge is 2.14. The van der Waals surface area contributed by atoms with Crippen molar-refractivity contribution in [2.75, 3.05) is 40.6 Å². The third-order valence-electron chi connectivity index (χ3n) is 5.32. The topological polar surface area (TPSA) is 118 Å². The van der Waals surface area contributed by atoms with E-state index in [1.165, 1.54) is 0 Å². The van der Waals surface area contributed by atoms with E-state index < -0.39 is 0 Å². The van der Waals surface area contributed by atoms with Crippen LogP contribution in [0, 0.1) is 0 Å². The van der Waals surface area contributed by atoms with Gasteiger partial charge in [-0.25, -0.2) is 0 Å². The van der Waals surface area contributed by atoms with Crippen LogP contribution in [0.15, 0.2) is 48.5 Å². The molecule has 0 unspecified atom stereocenters. The second kappa shape index (κ2) is 11.9. The van der Waals surface area contributed by atoms with Crippen molar-refractivity contribution in [2.24, 2.45) is 0 Å². The highest BCUT2D eigenvalue weighted by Crippen LogP contribution is 2.32. The number of benzene rings is 2. The molecule has 0 atom stereocenters. The maximum absolute atomic E-state index is 12.6. The largest absolute Gasteiger partial charge is 0.493 e. The number of ether oxygens (including phenoxy) is 5. The van der Waals surface area contributed by atoms with Crippen LogP contribution >= 0.6 is 0 Å². The molecule has 0 radical (unpaired) electrons. The van der Waals surface area contributed by atoms with Gasteiger partial charge in [0.15, 0.2) is 34.5 Å². The molecule has 0 saturated carbocycles. The highest BCUT2D eigenvalue weighted by atomic mass is 16.5. The number of carbonyl (C=O) groups is 1. The third kappa shape index (κ3) is 5.83. The first-order chi connectivity index (χ1) is 18.1. The monoisotopic (exact) mass is 507 g/mol. The van der Waals surface area contributed by atoms with Crippen LogP contribution in [-0.2, 0) is 0 Å². The lowest BCUT2D eigenvalue weighted by Crippen LogP contribution is -2.28. The number of fused-ring (bicyclic) bond motifs is 1. The predicted molar refractivity (Wildman–Crippen MR) is 136 cm³/mol. The van der Waals surface area contributed by atoms with Crippen LogP contribution in [0.3, 0.4) is 0 Å². The zero-order chi connectivity index (χ0) is 26.2. The molecule has 37 heavy (non-hydrogen) atoms. The lowest BCUT2D eigenvalue weighted by Gasteiger charge is -2.12. The third-order valence-corrected chi connectivity index (χ3v) is 5.32. The minimum atomic E-state index is -0.245. The van der Waals surface area contributed by atoms with Crippen LogP contribution in [0.1, 0.15) is 24.2 Å². The van der Waals surface area contributed by atoms with Crippen LogP contribution in [0.25, 0.3) is 17.0 Å². The van der Waals surface area contributed by atoms with E-state index in [9.17, 15) is 4.79 Å². The van der Waals surface area contributed by atoms with Crippen LogP contribution in [0.4, 0.5) is 0 Å². The maximum atomic E-state index is 12.6. The van der Waals surface area contributed by atoms with E-state index in [0.717, 1.165) is 5.56 Å². The van der Waals surface area contributed by atoms with Gasteiger partial charge < -0.3 is 29.0 Å². The normalized spacial score (nSPS) is 10.7. The fraction of sp³-hybridized carbons (Fsp3) is 0.308. The molecular formula is C26H29N5O6. The molecule has 2 aromatic carbocycles. The summed E-state index contributed by atoms with van der Waals surface area (Å²) in [5.74, 6) is 2.96. The number of nitrogens with one attached hydrogen (secondary N) is 1. The van der Waals surface area contributed by atoms with Gasteiger partial charge in [0.05, 0.1) is 34.0 Å². The van der Waals surface area contributed by atoms with E-state index >= 15 is 0 Å². The van der Waals surface area contributed by atoms with E-state index in [4.69, 9.17) is 23.7 Å². The molecule has 1 N–H and O–H groups in total. The number of methoxy groups -OCH3 is 2. The lowest BCUT2D eigenvalue weighted by molar-refractivity contribution is 0.0946. The molecule has 0 bridgehead atoms. The van der Waals surface area contributed by atoms with Crippen LogP contribution < -0.4 is 29.0 Å². The van der Waals surface area contributed by atoms with E-state index in [0.29, 0.717) is 59.1 Å². The molecule has 0 aliphatic carbocycles. The van der Waals surface area contributed by atoms with Gasteiger partial charge in [0.25, 0.3) is 5.91 Å². The van der Waals surface area contributed by atoms with Gasteiger partial charge in [-0.3, -0.25) is 4.79 Å². The summed E-state index contributed by atoms with van der Waals surface area (Å²) in [6.07, 6.45) is 0. The molecule has 4 rings (SSSR count). The van der Waals surface area contributed by atoms with Gasteiger partial charge in [0, 0.05) is 17.2 Å². The molecule has 4 aromatic rings. The molecular weight excluding hydrogens is 478 g/mol. The summed E-state index contributed by atoms with van der Waals surface area (Å²) in [4.78, 5) is 12.6. The fourth-order valence-electron chi connectivity index (χ4n) is 3.62. The van der Waals surface area contributed by atoms with Crippen molar-refractivity contribution in [2.45, 2.75) is 13.8 Å². The number of hydrogen-bond acceptors (Lipinski definition) is 9. The standard InChI is InChI=1S/C26H29N5O6/c1-5-35-20-10-8-18(16-22(20)36-6-2)26(32)27-13-14-37-24-12-11-23-28-29-25(31(23)30-24)17-7-9-19(33-3)21(15-17)34-4/h7-12,15-16H,5-6,13-14H2,1-4H3,(H,27,32). The zero-order valence-electron chi connectivity index (χ0n) is 21.2. The highest BCUT2D eigenvalue weighted by molar-refractivity contribution is 5.94. The average molecular weight is 508 g/mol. The quantitative estimate of drug-likeness (QED) is 0.288. The number of nitrogens with zero attached hydrogens (tertiary/aromatic N) is 4. The van der Waals surface area contributed by atoms with Crippen molar-refractivity contribution in [3.05, 3.63) is 54.1 Å². The molecule has 0 saturated heterocycles. The van der Waals surface area contributed by atoms with Crippen molar-refractivity contribution in [1.82, 2.24) is 25.1 Å². The molecule has 0 spiro atoms. The van der Waals surface area contributed by atoms with E-state index in [2.05, 4.69) is 20.6 Å². The van der Waals surface area contributed by atoms with Gasteiger partial charge in [-0.2, -0.15) is 4.52 Å². The van der Waals surface area contributed by atoms with Gasteiger partial charge >= 0.3 is 0 Å². The number of amides is 1. The molecule has 11 nitrogen and oxygen atoms in total. The summed E-state index contributed by atoms with van der Waals surface area (Å²) in [6.45, 7) is 5.24. The Labute approximate surface area is 214 Å². The first-order valence-corrected chi connectivity index (χ1v) is 11.8. The van der Waals surface area contributed by atoms with Crippen LogP contribution in [-0.4, -0.2) is 66.3 Å². The first kappa shape index (κ1) is 25.5. The summed E-state index contributed by atoms with van der Waals surface area (Å²) < 4.78 is 29.2. The maximum Gasteiger partial charge on any atom is 0.251 e. The van der Waals surface area contributed by atoms with Crippen molar-refractivity contribution < 1.29 is 28.5 Å². The summed E-state index contributed by atoms with van der Waals surface area (Å²) in [5.41, 5.74) is 1.78. The molecule has 1 amide bonds. The second-order valence-electron chi connectivity index (χ2n) is 7.67. The first-order valence-electron chi connectivity index (χ1n) is 11.8. The molecule has 2 aromatic heterocycles. The minimum absolute atomic E-state index is 0.216. The number of aromatic nitrogens is 4. The van der Waals surface area contributed by atoms with Crippen molar-refractivity contribution in [3.63, 3.8) is 0 Å². The van der Waals surface area contributed by atoms with Gasteiger partial charge in [0.1, 0.15) is 6.61 Å². The van der Waals surface area contributed by atoms with E-state index in [1.807, 2.05) is 19.9 Å². The Morgan fingerprint density at radius 2 is 1.59 bits per heavy atom. The van der Waals surface area contributed by atoms with Crippen molar-refractivity contribution >= 4 is 11.6 Å². The zero-order valence-corrected chi connectivity index (χ0v) is 21.2. The minimum Gasteiger partial charge on any atom is -0.493 e. The Balaban J connectivity index is 1.40. The van der Waals surface area contributed by atoms with Gasteiger partial charge in [-0.1, -0.05) is 0 Å². The van der Waals surface area contributed by atoms with E-state index in [1.54, 1.807) is 61.2 Å². The molecule has 11 heteroatoms. The molecule has 2 heterocycles. The average Bonchev–Trinajstić information content (AvgIpc) is 3.35. The molecule has 0 fully saturated rings. The van der Waals surface area contributed by atoms with Gasteiger partial charge in [-0.15, -0.1) is 15.3 Å². The predicted octanol–water partition coefficient (Wildman–Crippen LogP) is 3.41. The van der Waals surface area contributed by atoms with Gasteiger partial charge in [-0.05, 0) is 56.3 Å². The number of hydrogen-bond donors (Lipinski definition) is 1. The lowest BCUT2D eigenvalue weighted by atomic mass is 10.2. The number of rotatable bonds is 12. The Kier molecular flexibility index (Phi) is 8.24. The van der Waals surface area contributed by atoms with Gasteiger partial charge in [0.2, 0.25) is 5.88 Å². The fourth-order valence-corrected chi connectivity index (χ4v) is 3.62. The molecule has 0 aliphatic heterocycles. The number of carbonyl (C=O) groups excluding carboxylic acids is 1. The summed E-state index contributed by atoms with van der Waals surface area (Å²) >= 11 is 0. The Morgan fingerprint density at radius 1 is 0.838 bits per heavy atom. The smallest absolute Gasteiger partial charge is 0.251 e. The van der Waals surface area contributed by atoms with Crippen molar-refractivity contribution in [3.8, 4) is 40.3 Å². The Hall–Kier alpha value is -4.54.